The fourth-order valence-corrected chi connectivity index (χ4v) is 2.03. The van der Waals surface area contributed by atoms with Gasteiger partial charge in [0.2, 0.25) is 5.91 Å². The van der Waals surface area contributed by atoms with Gasteiger partial charge in [-0.15, -0.1) is 0 Å². The van der Waals surface area contributed by atoms with Gasteiger partial charge in [-0.25, -0.2) is 0 Å². The summed E-state index contributed by atoms with van der Waals surface area (Å²) in [7, 11) is 0. The van der Waals surface area contributed by atoms with E-state index in [9.17, 15) is 4.79 Å². The Balaban J connectivity index is 2.38. The summed E-state index contributed by atoms with van der Waals surface area (Å²) in [6.45, 7) is 9.42. The molecule has 1 rings (SSSR count). The maximum Gasteiger partial charge on any atom is 0.225 e. The van der Waals surface area contributed by atoms with Gasteiger partial charge in [-0.2, -0.15) is 0 Å². The molecule has 1 unspecified atom stereocenters. The quantitative estimate of drug-likeness (QED) is 0.708. The van der Waals surface area contributed by atoms with Gasteiger partial charge in [0.05, 0.1) is 19.8 Å². The van der Waals surface area contributed by atoms with Crippen molar-refractivity contribution in [2.75, 3.05) is 52.5 Å². The number of morpholine rings is 1. The number of ether oxygens (including phenoxy) is 1. The Kier molecular flexibility index (Phi) is 7.23. The minimum absolute atomic E-state index is 0.0330. The Bertz CT molecular complexity index is 242. The fourth-order valence-electron chi connectivity index (χ4n) is 2.03. The van der Waals surface area contributed by atoms with E-state index in [-0.39, 0.29) is 18.4 Å². The van der Waals surface area contributed by atoms with Gasteiger partial charge in [-0.1, -0.05) is 13.8 Å². The van der Waals surface area contributed by atoms with E-state index in [0.29, 0.717) is 13.1 Å². The van der Waals surface area contributed by atoms with Crippen molar-refractivity contribution in [1.29, 1.82) is 0 Å². The Labute approximate surface area is 110 Å². The number of aliphatic hydroxyl groups excluding tert-OH is 1. The van der Waals surface area contributed by atoms with Crippen LogP contribution in [0, 0.1) is 5.92 Å². The lowest BCUT2D eigenvalue weighted by Crippen LogP contribution is -2.45. The van der Waals surface area contributed by atoms with Gasteiger partial charge in [0.1, 0.15) is 0 Å². The standard InChI is InChI=1S/C13H26N2O3/c1-3-12(2)13(17)15(6-9-16)5-4-14-7-10-18-11-8-14/h12,16H,3-11H2,1-2H3. The molecule has 5 nitrogen and oxygen atoms in total. The Morgan fingerprint density at radius 3 is 2.61 bits per heavy atom. The molecule has 1 atom stereocenters. The number of carbonyl (C=O) groups is 1. The first-order valence-corrected chi connectivity index (χ1v) is 6.88. The molecule has 1 aliphatic heterocycles. The molecule has 5 heteroatoms. The SMILES string of the molecule is CCC(C)C(=O)N(CCO)CCN1CCOCC1. The first-order valence-electron chi connectivity index (χ1n) is 6.88. The monoisotopic (exact) mass is 258 g/mol. The number of hydrogen-bond donors (Lipinski definition) is 1. The molecule has 106 valence electrons. The van der Waals surface area contributed by atoms with Crippen LogP contribution in [-0.2, 0) is 9.53 Å². The molecule has 18 heavy (non-hydrogen) atoms. The van der Waals surface area contributed by atoms with Crippen molar-refractivity contribution < 1.29 is 14.6 Å². The van der Waals surface area contributed by atoms with Gasteiger partial charge in [0.25, 0.3) is 0 Å². The van der Waals surface area contributed by atoms with Gasteiger partial charge >= 0.3 is 0 Å². The van der Waals surface area contributed by atoms with Gasteiger partial charge in [0, 0.05) is 38.6 Å². The first kappa shape index (κ1) is 15.4. The van der Waals surface area contributed by atoms with Crippen molar-refractivity contribution in [3.05, 3.63) is 0 Å². The molecular weight excluding hydrogens is 232 g/mol. The lowest BCUT2D eigenvalue weighted by molar-refractivity contribution is -0.136. The average molecular weight is 258 g/mol. The molecule has 0 saturated carbocycles. The van der Waals surface area contributed by atoms with Crippen molar-refractivity contribution >= 4 is 5.91 Å². The van der Waals surface area contributed by atoms with E-state index in [4.69, 9.17) is 9.84 Å². The predicted molar refractivity (Wildman–Crippen MR) is 70.4 cm³/mol. The third kappa shape index (κ3) is 4.92. The number of hydrogen-bond acceptors (Lipinski definition) is 4. The van der Waals surface area contributed by atoms with E-state index in [2.05, 4.69) is 4.90 Å². The predicted octanol–water partition coefficient (Wildman–Crippen LogP) is 0.186. The van der Waals surface area contributed by atoms with E-state index in [1.165, 1.54) is 0 Å². The summed E-state index contributed by atoms with van der Waals surface area (Å²) < 4.78 is 5.29. The van der Waals surface area contributed by atoms with Crippen LogP contribution in [0.2, 0.25) is 0 Å². The van der Waals surface area contributed by atoms with Crippen molar-refractivity contribution in [2.45, 2.75) is 20.3 Å². The normalized spacial score (nSPS) is 18.6. The summed E-state index contributed by atoms with van der Waals surface area (Å²) in [5.41, 5.74) is 0. The highest BCUT2D eigenvalue weighted by atomic mass is 16.5. The molecule has 1 N–H and O–H groups in total. The summed E-state index contributed by atoms with van der Waals surface area (Å²) >= 11 is 0. The molecule has 0 aromatic rings. The zero-order chi connectivity index (χ0) is 13.4. The molecule has 1 aliphatic rings. The molecule has 0 aromatic heterocycles. The van der Waals surface area contributed by atoms with Crippen LogP contribution in [0.25, 0.3) is 0 Å². The molecule has 0 radical (unpaired) electrons. The van der Waals surface area contributed by atoms with E-state index >= 15 is 0 Å². The van der Waals surface area contributed by atoms with Gasteiger partial charge in [0.15, 0.2) is 0 Å². The second-order valence-corrected chi connectivity index (χ2v) is 4.81. The van der Waals surface area contributed by atoms with Gasteiger partial charge in [-0.05, 0) is 6.42 Å². The molecule has 1 heterocycles. The molecule has 1 saturated heterocycles. The Morgan fingerprint density at radius 1 is 1.39 bits per heavy atom. The Hall–Kier alpha value is -0.650. The second-order valence-electron chi connectivity index (χ2n) is 4.81. The number of amides is 1. The third-order valence-corrected chi connectivity index (χ3v) is 3.51. The van der Waals surface area contributed by atoms with E-state index in [0.717, 1.165) is 39.3 Å². The van der Waals surface area contributed by atoms with Crippen molar-refractivity contribution in [3.8, 4) is 0 Å². The van der Waals surface area contributed by atoms with Crippen molar-refractivity contribution in [1.82, 2.24) is 9.80 Å². The molecule has 0 aromatic carbocycles. The topological polar surface area (TPSA) is 53.0 Å². The van der Waals surface area contributed by atoms with Crippen LogP contribution in [0.3, 0.4) is 0 Å². The van der Waals surface area contributed by atoms with Gasteiger partial charge in [-0.3, -0.25) is 9.69 Å². The van der Waals surface area contributed by atoms with Crippen LogP contribution in [-0.4, -0.2) is 73.4 Å². The average Bonchev–Trinajstić information content (AvgIpc) is 2.43. The number of nitrogens with zero attached hydrogens (tertiary/aromatic N) is 2. The minimum Gasteiger partial charge on any atom is -0.395 e. The largest absolute Gasteiger partial charge is 0.395 e. The molecule has 1 fully saturated rings. The first-order chi connectivity index (χ1) is 8.69. The molecule has 0 aliphatic carbocycles. The highest BCUT2D eigenvalue weighted by Crippen LogP contribution is 2.07. The van der Waals surface area contributed by atoms with E-state index in [1.807, 2.05) is 13.8 Å². The lowest BCUT2D eigenvalue weighted by Gasteiger charge is -2.30. The number of carbonyl (C=O) groups excluding carboxylic acids is 1. The number of rotatable bonds is 7. The number of aliphatic hydroxyl groups is 1. The summed E-state index contributed by atoms with van der Waals surface area (Å²) in [4.78, 5) is 16.2. The zero-order valence-corrected chi connectivity index (χ0v) is 11.6. The van der Waals surface area contributed by atoms with Crippen LogP contribution in [0.1, 0.15) is 20.3 Å². The molecular formula is C13H26N2O3. The Morgan fingerprint density at radius 2 is 2.06 bits per heavy atom. The van der Waals surface area contributed by atoms with Gasteiger partial charge < -0.3 is 14.7 Å². The van der Waals surface area contributed by atoms with Crippen LogP contribution in [0.5, 0.6) is 0 Å². The maximum absolute atomic E-state index is 12.1. The fraction of sp³-hybridized carbons (Fsp3) is 0.923. The van der Waals surface area contributed by atoms with Crippen molar-refractivity contribution in [3.63, 3.8) is 0 Å². The summed E-state index contributed by atoms with van der Waals surface area (Å²) in [6, 6.07) is 0. The van der Waals surface area contributed by atoms with E-state index < -0.39 is 0 Å². The van der Waals surface area contributed by atoms with Crippen LogP contribution in [0.4, 0.5) is 0 Å². The maximum atomic E-state index is 12.1. The summed E-state index contributed by atoms with van der Waals surface area (Å²) in [5, 5.41) is 9.05. The lowest BCUT2D eigenvalue weighted by atomic mass is 10.1. The molecule has 0 spiro atoms. The van der Waals surface area contributed by atoms with Crippen LogP contribution in [0.15, 0.2) is 0 Å². The van der Waals surface area contributed by atoms with Crippen LogP contribution >= 0.6 is 0 Å². The molecule has 0 bridgehead atoms. The zero-order valence-electron chi connectivity index (χ0n) is 11.6. The highest BCUT2D eigenvalue weighted by Gasteiger charge is 2.19. The van der Waals surface area contributed by atoms with E-state index in [1.54, 1.807) is 4.90 Å². The third-order valence-electron chi connectivity index (χ3n) is 3.51. The smallest absolute Gasteiger partial charge is 0.225 e. The second kappa shape index (κ2) is 8.45. The summed E-state index contributed by atoms with van der Waals surface area (Å²) in [6.07, 6.45) is 0.846. The minimum atomic E-state index is 0.0330. The summed E-state index contributed by atoms with van der Waals surface area (Å²) in [5.74, 6) is 0.195. The van der Waals surface area contributed by atoms with Crippen molar-refractivity contribution in [2.24, 2.45) is 5.92 Å². The van der Waals surface area contributed by atoms with Crippen LogP contribution < -0.4 is 0 Å². The molecule has 1 amide bonds. The highest BCUT2D eigenvalue weighted by molar-refractivity contribution is 5.78.